The van der Waals surface area contributed by atoms with Gasteiger partial charge in [0.25, 0.3) is 0 Å². The van der Waals surface area contributed by atoms with Crippen LogP contribution in [0.5, 0.6) is 0 Å². The fourth-order valence-corrected chi connectivity index (χ4v) is 2.11. The predicted molar refractivity (Wildman–Crippen MR) is 59.4 cm³/mol. The first kappa shape index (κ1) is 13.8. The molecular formula is C12H12F4N2O. The van der Waals surface area contributed by atoms with Crippen LogP contribution < -0.4 is 5.73 Å². The Kier molecular flexibility index (Phi) is 3.49. The number of hydrogen-bond donors (Lipinski definition) is 1. The molecule has 1 unspecified atom stereocenters. The van der Waals surface area contributed by atoms with E-state index in [4.69, 9.17) is 5.73 Å². The summed E-state index contributed by atoms with van der Waals surface area (Å²) in [6.45, 7) is 0.00909. The van der Waals surface area contributed by atoms with Crippen LogP contribution in [0.2, 0.25) is 0 Å². The Morgan fingerprint density at radius 3 is 2.58 bits per heavy atom. The van der Waals surface area contributed by atoms with E-state index >= 15 is 0 Å². The minimum absolute atomic E-state index is 0.128. The lowest BCUT2D eigenvalue weighted by Gasteiger charge is -2.19. The van der Waals surface area contributed by atoms with E-state index < -0.39 is 17.6 Å². The minimum Gasteiger partial charge on any atom is -0.337 e. The van der Waals surface area contributed by atoms with Crippen LogP contribution in [-0.4, -0.2) is 23.4 Å². The quantitative estimate of drug-likeness (QED) is 0.839. The van der Waals surface area contributed by atoms with Gasteiger partial charge in [0.05, 0.1) is 5.56 Å². The first-order chi connectivity index (χ1) is 8.77. The number of benzene rings is 1. The van der Waals surface area contributed by atoms with Crippen LogP contribution >= 0.6 is 0 Å². The Labute approximate surface area is 107 Å². The topological polar surface area (TPSA) is 46.3 Å². The van der Waals surface area contributed by atoms with Crippen LogP contribution in [0.1, 0.15) is 17.5 Å². The van der Waals surface area contributed by atoms with Crippen molar-refractivity contribution in [3.8, 4) is 0 Å². The van der Waals surface area contributed by atoms with Crippen molar-refractivity contribution >= 4 is 5.91 Å². The molecule has 1 aromatic rings. The summed E-state index contributed by atoms with van der Waals surface area (Å²) in [6.07, 6.45) is -4.52. The number of rotatable bonds is 2. The third-order valence-corrected chi connectivity index (χ3v) is 2.98. The molecule has 3 nitrogen and oxygen atoms in total. The molecular weight excluding hydrogens is 264 g/mol. The molecule has 19 heavy (non-hydrogen) atoms. The number of nitrogens with two attached hydrogens (primary N) is 1. The van der Waals surface area contributed by atoms with Crippen LogP contribution in [0.25, 0.3) is 0 Å². The Hall–Kier alpha value is -1.63. The molecule has 0 aromatic heterocycles. The number of halogens is 4. The second kappa shape index (κ2) is 4.80. The van der Waals surface area contributed by atoms with Crippen LogP contribution in [0.4, 0.5) is 17.6 Å². The van der Waals surface area contributed by atoms with Crippen molar-refractivity contribution in [1.82, 2.24) is 4.90 Å². The molecule has 1 atom stereocenters. The maximum absolute atomic E-state index is 12.9. The van der Waals surface area contributed by atoms with Gasteiger partial charge in [0.1, 0.15) is 5.82 Å². The summed E-state index contributed by atoms with van der Waals surface area (Å²) in [6, 6.07) is 2.08. The molecule has 1 amide bonds. The van der Waals surface area contributed by atoms with Crippen molar-refractivity contribution in [1.29, 1.82) is 0 Å². The number of nitrogens with zero attached hydrogens (tertiary/aromatic N) is 1. The van der Waals surface area contributed by atoms with Gasteiger partial charge in [-0.25, -0.2) is 4.39 Å². The fourth-order valence-electron chi connectivity index (χ4n) is 2.11. The maximum Gasteiger partial charge on any atom is 0.416 e. The molecule has 0 radical (unpaired) electrons. The first-order valence-corrected chi connectivity index (χ1v) is 5.66. The van der Waals surface area contributed by atoms with Crippen molar-refractivity contribution in [2.24, 2.45) is 5.73 Å². The molecule has 1 aliphatic heterocycles. The molecule has 1 fully saturated rings. The van der Waals surface area contributed by atoms with Crippen molar-refractivity contribution in [3.63, 3.8) is 0 Å². The highest BCUT2D eigenvalue weighted by molar-refractivity contribution is 5.79. The standard InChI is InChI=1S/C12H12F4N2O/c13-8-2-1-7(10(3-8)12(14,15)16)5-18-6-9(17)4-11(18)19/h1-3,9H,4-6,17H2. The number of amides is 1. The van der Waals surface area contributed by atoms with Gasteiger partial charge in [-0.3, -0.25) is 4.79 Å². The number of alkyl halides is 3. The monoisotopic (exact) mass is 276 g/mol. The van der Waals surface area contributed by atoms with Gasteiger partial charge in [-0.05, 0) is 17.7 Å². The van der Waals surface area contributed by atoms with Crippen molar-refractivity contribution in [2.45, 2.75) is 25.2 Å². The first-order valence-electron chi connectivity index (χ1n) is 5.66. The molecule has 7 heteroatoms. The van der Waals surface area contributed by atoms with E-state index in [0.29, 0.717) is 6.07 Å². The van der Waals surface area contributed by atoms with Crippen LogP contribution in [0.15, 0.2) is 18.2 Å². The zero-order chi connectivity index (χ0) is 14.2. The molecule has 0 bridgehead atoms. The number of likely N-dealkylation sites (tertiary alicyclic amines) is 1. The average molecular weight is 276 g/mol. The van der Waals surface area contributed by atoms with Gasteiger partial charge in [0.15, 0.2) is 0 Å². The molecule has 1 heterocycles. The molecule has 1 saturated heterocycles. The van der Waals surface area contributed by atoms with Crippen LogP contribution in [0.3, 0.4) is 0 Å². The second-order valence-corrected chi connectivity index (χ2v) is 4.54. The lowest BCUT2D eigenvalue weighted by Crippen LogP contribution is -2.28. The van der Waals surface area contributed by atoms with Crippen LogP contribution in [-0.2, 0) is 17.5 Å². The SMILES string of the molecule is NC1CC(=O)N(Cc2ccc(F)cc2C(F)(F)F)C1. The third-order valence-electron chi connectivity index (χ3n) is 2.98. The van der Waals surface area contributed by atoms with E-state index in [-0.39, 0.29) is 37.0 Å². The molecule has 0 saturated carbocycles. The molecule has 2 N–H and O–H groups in total. The maximum atomic E-state index is 12.9. The van der Waals surface area contributed by atoms with E-state index in [9.17, 15) is 22.4 Å². The normalized spacial score (nSPS) is 20.2. The van der Waals surface area contributed by atoms with Crippen molar-refractivity contribution in [3.05, 3.63) is 35.1 Å². The van der Waals surface area contributed by atoms with E-state index in [0.717, 1.165) is 12.1 Å². The Bertz CT molecular complexity index is 501. The molecule has 104 valence electrons. The second-order valence-electron chi connectivity index (χ2n) is 4.54. The van der Waals surface area contributed by atoms with E-state index in [1.807, 2.05) is 0 Å². The Balaban J connectivity index is 2.28. The summed E-state index contributed by atoms with van der Waals surface area (Å²) in [4.78, 5) is 12.8. The van der Waals surface area contributed by atoms with E-state index in [2.05, 4.69) is 0 Å². The highest BCUT2D eigenvalue weighted by atomic mass is 19.4. The van der Waals surface area contributed by atoms with Crippen LogP contribution in [0, 0.1) is 5.82 Å². The molecule has 1 aliphatic rings. The highest BCUT2D eigenvalue weighted by Crippen LogP contribution is 2.33. The highest BCUT2D eigenvalue weighted by Gasteiger charge is 2.35. The largest absolute Gasteiger partial charge is 0.416 e. The van der Waals surface area contributed by atoms with Gasteiger partial charge < -0.3 is 10.6 Å². The summed E-state index contributed by atoms with van der Waals surface area (Å²) < 4.78 is 51.3. The Morgan fingerprint density at radius 1 is 1.37 bits per heavy atom. The zero-order valence-electron chi connectivity index (χ0n) is 9.88. The molecule has 0 spiro atoms. The summed E-state index contributed by atoms with van der Waals surface area (Å²) in [5, 5.41) is 0. The lowest BCUT2D eigenvalue weighted by molar-refractivity contribution is -0.139. The summed E-state index contributed by atoms with van der Waals surface area (Å²) in [5.41, 5.74) is 4.39. The van der Waals surface area contributed by atoms with Crippen molar-refractivity contribution < 1.29 is 22.4 Å². The minimum atomic E-state index is -4.65. The van der Waals surface area contributed by atoms with Gasteiger partial charge in [-0.2, -0.15) is 13.2 Å². The summed E-state index contributed by atoms with van der Waals surface area (Å²) in [5.74, 6) is -1.24. The fraction of sp³-hybridized carbons (Fsp3) is 0.417. The van der Waals surface area contributed by atoms with Gasteiger partial charge in [0, 0.05) is 25.6 Å². The van der Waals surface area contributed by atoms with Crippen molar-refractivity contribution in [2.75, 3.05) is 6.54 Å². The average Bonchev–Trinajstić information content (AvgIpc) is 2.58. The predicted octanol–water partition coefficient (Wildman–Crippen LogP) is 1.90. The Morgan fingerprint density at radius 2 is 2.05 bits per heavy atom. The zero-order valence-corrected chi connectivity index (χ0v) is 9.88. The van der Waals surface area contributed by atoms with Gasteiger partial charge in [0.2, 0.25) is 5.91 Å². The number of hydrogen-bond acceptors (Lipinski definition) is 2. The van der Waals surface area contributed by atoms with Gasteiger partial charge in [-0.1, -0.05) is 6.07 Å². The summed E-state index contributed by atoms with van der Waals surface area (Å²) in [7, 11) is 0. The van der Waals surface area contributed by atoms with Gasteiger partial charge >= 0.3 is 6.18 Å². The molecule has 2 rings (SSSR count). The van der Waals surface area contributed by atoms with Gasteiger partial charge in [-0.15, -0.1) is 0 Å². The molecule has 1 aromatic carbocycles. The van der Waals surface area contributed by atoms with E-state index in [1.165, 1.54) is 4.90 Å². The van der Waals surface area contributed by atoms with E-state index in [1.54, 1.807) is 0 Å². The lowest BCUT2D eigenvalue weighted by atomic mass is 10.1. The molecule has 0 aliphatic carbocycles. The summed E-state index contributed by atoms with van der Waals surface area (Å²) >= 11 is 0. The number of carbonyl (C=O) groups is 1. The smallest absolute Gasteiger partial charge is 0.337 e. The third kappa shape index (κ3) is 3.04. The number of carbonyl (C=O) groups excluding carboxylic acids is 1.